The molecule has 1 unspecified atom stereocenters. The van der Waals surface area contributed by atoms with Gasteiger partial charge in [-0.3, -0.25) is 9.59 Å². The van der Waals surface area contributed by atoms with Crippen molar-refractivity contribution in [2.75, 3.05) is 6.54 Å². The van der Waals surface area contributed by atoms with E-state index in [0.29, 0.717) is 18.4 Å². The molecular weight excluding hydrogens is 347 g/mol. The molecule has 0 aliphatic heterocycles. The molecule has 1 saturated carbocycles. The Morgan fingerprint density at radius 2 is 1.96 bits per heavy atom. The highest BCUT2D eigenvalue weighted by Crippen LogP contribution is 2.31. The summed E-state index contributed by atoms with van der Waals surface area (Å²) in [5.41, 5.74) is 5.07. The SMILES string of the molecule is CCCC(NC(=O)C(=O)NCC1(N)CCC1)c1cccc(C(F)(F)F)c1. The Hall–Kier alpha value is -2.09. The molecule has 0 radical (unpaired) electrons. The zero-order valence-corrected chi connectivity index (χ0v) is 14.7. The topological polar surface area (TPSA) is 84.2 Å². The lowest BCUT2D eigenvalue weighted by molar-refractivity contribution is -0.140. The van der Waals surface area contributed by atoms with Gasteiger partial charge in [0.05, 0.1) is 11.6 Å². The lowest BCUT2D eigenvalue weighted by Crippen LogP contribution is -2.56. The molecule has 0 saturated heterocycles. The number of carbonyl (C=O) groups is 2. The van der Waals surface area contributed by atoms with Crippen molar-refractivity contribution in [1.82, 2.24) is 10.6 Å². The minimum Gasteiger partial charge on any atom is -0.346 e. The lowest BCUT2D eigenvalue weighted by Gasteiger charge is -2.38. The van der Waals surface area contributed by atoms with Gasteiger partial charge in [0.2, 0.25) is 0 Å². The Labute approximate surface area is 150 Å². The highest BCUT2D eigenvalue weighted by molar-refractivity contribution is 6.35. The molecule has 1 fully saturated rings. The normalized spacial score (nSPS) is 17.1. The van der Waals surface area contributed by atoms with E-state index in [-0.39, 0.29) is 6.54 Å². The Morgan fingerprint density at radius 1 is 1.27 bits per heavy atom. The molecule has 1 aromatic rings. The number of nitrogens with one attached hydrogen (secondary N) is 2. The molecule has 1 aliphatic carbocycles. The van der Waals surface area contributed by atoms with Crippen LogP contribution >= 0.6 is 0 Å². The van der Waals surface area contributed by atoms with Gasteiger partial charge in [0.1, 0.15) is 0 Å². The first kappa shape index (κ1) is 20.2. The van der Waals surface area contributed by atoms with Gasteiger partial charge >= 0.3 is 18.0 Å². The van der Waals surface area contributed by atoms with E-state index in [1.165, 1.54) is 12.1 Å². The van der Waals surface area contributed by atoms with Crippen molar-refractivity contribution in [3.05, 3.63) is 35.4 Å². The van der Waals surface area contributed by atoms with Crippen LogP contribution in [0.3, 0.4) is 0 Å². The number of carbonyl (C=O) groups excluding carboxylic acids is 2. The molecular formula is C18H24F3N3O2. The molecule has 0 aromatic heterocycles. The number of hydrogen-bond donors (Lipinski definition) is 3. The number of rotatable bonds is 6. The minimum atomic E-state index is -4.47. The van der Waals surface area contributed by atoms with Gasteiger partial charge in [-0.1, -0.05) is 25.5 Å². The third-order valence-corrected chi connectivity index (χ3v) is 4.66. The molecule has 144 valence electrons. The highest BCUT2D eigenvalue weighted by atomic mass is 19.4. The van der Waals surface area contributed by atoms with E-state index in [4.69, 9.17) is 5.73 Å². The average Bonchev–Trinajstić information content (AvgIpc) is 2.56. The Balaban J connectivity index is 2.02. The van der Waals surface area contributed by atoms with Crippen molar-refractivity contribution in [3.63, 3.8) is 0 Å². The van der Waals surface area contributed by atoms with Gasteiger partial charge in [-0.25, -0.2) is 0 Å². The first-order valence-corrected chi connectivity index (χ1v) is 8.69. The van der Waals surface area contributed by atoms with Gasteiger partial charge < -0.3 is 16.4 Å². The molecule has 8 heteroatoms. The summed E-state index contributed by atoms with van der Waals surface area (Å²) in [4.78, 5) is 24.1. The molecule has 4 N–H and O–H groups in total. The van der Waals surface area contributed by atoms with Gasteiger partial charge in [-0.2, -0.15) is 13.2 Å². The fourth-order valence-corrected chi connectivity index (χ4v) is 2.91. The van der Waals surface area contributed by atoms with Crippen molar-refractivity contribution in [2.24, 2.45) is 5.73 Å². The summed E-state index contributed by atoms with van der Waals surface area (Å²) in [6.45, 7) is 2.06. The Bertz CT molecular complexity index is 657. The maximum absolute atomic E-state index is 12.9. The average molecular weight is 371 g/mol. The smallest absolute Gasteiger partial charge is 0.346 e. The van der Waals surface area contributed by atoms with Crippen LogP contribution in [0.5, 0.6) is 0 Å². The summed E-state index contributed by atoms with van der Waals surface area (Å²) in [6.07, 6.45) is -0.843. The molecule has 0 heterocycles. The van der Waals surface area contributed by atoms with Crippen LogP contribution in [0.15, 0.2) is 24.3 Å². The number of halogens is 3. The third kappa shape index (κ3) is 5.20. The first-order chi connectivity index (χ1) is 12.1. The van der Waals surface area contributed by atoms with Gasteiger partial charge in [0, 0.05) is 12.1 Å². The largest absolute Gasteiger partial charge is 0.416 e. The summed E-state index contributed by atoms with van der Waals surface area (Å²) in [5, 5.41) is 5.03. The van der Waals surface area contributed by atoms with Gasteiger partial charge in [-0.05, 0) is 43.4 Å². The molecule has 26 heavy (non-hydrogen) atoms. The van der Waals surface area contributed by atoms with E-state index in [9.17, 15) is 22.8 Å². The summed E-state index contributed by atoms with van der Waals surface area (Å²) >= 11 is 0. The fraction of sp³-hybridized carbons (Fsp3) is 0.556. The van der Waals surface area contributed by atoms with Crippen LogP contribution in [0.1, 0.15) is 56.2 Å². The zero-order chi connectivity index (χ0) is 19.4. The van der Waals surface area contributed by atoms with E-state index >= 15 is 0 Å². The van der Waals surface area contributed by atoms with Crippen LogP contribution < -0.4 is 16.4 Å². The molecule has 1 atom stereocenters. The second kappa shape index (κ2) is 8.07. The third-order valence-electron chi connectivity index (χ3n) is 4.66. The first-order valence-electron chi connectivity index (χ1n) is 8.69. The number of alkyl halides is 3. The predicted molar refractivity (Wildman–Crippen MR) is 91.0 cm³/mol. The highest BCUT2D eigenvalue weighted by Gasteiger charge is 2.34. The number of amides is 2. The van der Waals surface area contributed by atoms with E-state index in [1.54, 1.807) is 0 Å². The van der Waals surface area contributed by atoms with Crippen LogP contribution in [-0.4, -0.2) is 23.9 Å². The zero-order valence-electron chi connectivity index (χ0n) is 14.7. The van der Waals surface area contributed by atoms with E-state index in [1.807, 2.05) is 6.92 Å². The second-order valence-corrected chi connectivity index (χ2v) is 6.84. The van der Waals surface area contributed by atoms with Crippen molar-refractivity contribution in [1.29, 1.82) is 0 Å². The molecule has 0 spiro atoms. The van der Waals surface area contributed by atoms with Crippen molar-refractivity contribution < 1.29 is 22.8 Å². The predicted octanol–water partition coefficient (Wildman–Crippen LogP) is 2.66. The fourth-order valence-electron chi connectivity index (χ4n) is 2.91. The molecule has 1 aliphatic rings. The maximum atomic E-state index is 12.9. The van der Waals surface area contributed by atoms with Crippen LogP contribution in [0.2, 0.25) is 0 Å². The summed E-state index contributed by atoms with van der Waals surface area (Å²) in [7, 11) is 0. The maximum Gasteiger partial charge on any atom is 0.416 e. The van der Waals surface area contributed by atoms with Gasteiger partial charge in [0.25, 0.3) is 0 Å². The van der Waals surface area contributed by atoms with Crippen LogP contribution in [0.25, 0.3) is 0 Å². The monoisotopic (exact) mass is 371 g/mol. The number of hydrogen-bond acceptors (Lipinski definition) is 3. The van der Waals surface area contributed by atoms with Crippen molar-refractivity contribution in [2.45, 2.75) is 56.8 Å². The van der Waals surface area contributed by atoms with Crippen LogP contribution in [0, 0.1) is 0 Å². The second-order valence-electron chi connectivity index (χ2n) is 6.84. The Morgan fingerprint density at radius 3 is 2.50 bits per heavy atom. The van der Waals surface area contributed by atoms with Crippen LogP contribution in [0.4, 0.5) is 13.2 Å². The molecule has 1 aromatic carbocycles. The number of benzene rings is 1. The lowest BCUT2D eigenvalue weighted by atomic mass is 9.78. The van der Waals surface area contributed by atoms with E-state index in [2.05, 4.69) is 10.6 Å². The van der Waals surface area contributed by atoms with E-state index < -0.39 is 35.1 Å². The quantitative estimate of drug-likeness (QED) is 0.672. The minimum absolute atomic E-state index is 0.210. The van der Waals surface area contributed by atoms with Gasteiger partial charge in [-0.15, -0.1) is 0 Å². The summed E-state index contributed by atoms with van der Waals surface area (Å²) < 4.78 is 38.7. The van der Waals surface area contributed by atoms with Crippen molar-refractivity contribution in [3.8, 4) is 0 Å². The van der Waals surface area contributed by atoms with Gasteiger partial charge in [0.15, 0.2) is 0 Å². The van der Waals surface area contributed by atoms with Crippen LogP contribution in [-0.2, 0) is 15.8 Å². The summed E-state index contributed by atoms with van der Waals surface area (Å²) in [5.74, 6) is -1.70. The molecule has 0 bridgehead atoms. The standard InChI is InChI=1S/C18H24F3N3O2/c1-2-5-14(12-6-3-7-13(10-12)18(19,20)21)24-16(26)15(25)23-11-17(22)8-4-9-17/h3,6-7,10,14H,2,4-5,8-9,11,22H2,1H3,(H,23,25)(H,24,26). The van der Waals surface area contributed by atoms with Crippen molar-refractivity contribution >= 4 is 11.8 Å². The van der Waals surface area contributed by atoms with E-state index in [0.717, 1.165) is 31.4 Å². The molecule has 2 rings (SSSR count). The molecule has 2 amide bonds. The molecule has 5 nitrogen and oxygen atoms in total. The Kier molecular flexibility index (Phi) is 6.28. The summed E-state index contributed by atoms with van der Waals surface area (Å²) in [6, 6.07) is 4.11. The number of nitrogens with two attached hydrogens (primary N) is 1.